The Hall–Kier alpha value is -1.20. The molecule has 0 fully saturated rings. The molecule has 0 N–H and O–H groups in total. The van der Waals surface area contributed by atoms with Crippen LogP contribution in [0.2, 0.25) is 18.1 Å². The number of hydrogen-bond acceptors (Lipinski definition) is 3. The van der Waals surface area contributed by atoms with E-state index in [0.717, 1.165) is 5.56 Å². The largest absolute Gasteiger partial charge is 0.416 e. The Morgan fingerprint density at radius 1 is 1.08 bits per heavy atom. The van der Waals surface area contributed by atoms with Crippen LogP contribution in [0, 0.1) is 5.92 Å². The van der Waals surface area contributed by atoms with Crippen molar-refractivity contribution in [3.63, 3.8) is 0 Å². The van der Waals surface area contributed by atoms with Crippen LogP contribution in [0.25, 0.3) is 0 Å². The third kappa shape index (κ3) is 7.58. The average molecular weight is 377 g/mol. The lowest BCUT2D eigenvalue weighted by molar-refractivity contribution is -0.0400. The predicted molar refractivity (Wildman–Crippen MR) is 113 cm³/mol. The van der Waals surface area contributed by atoms with E-state index >= 15 is 0 Å². The molecule has 4 heteroatoms. The molecule has 0 aliphatic heterocycles. The summed E-state index contributed by atoms with van der Waals surface area (Å²) in [5.41, 5.74) is 1.16. The van der Waals surface area contributed by atoms with Gasteiger partial charge >= 0.3 is 0 Å². The van der Waals surface area contributed by atoms with E-state index in [1.807, 2.05) is 24.3 Å². The Balaban J connectivity index is 2.65. The van der Waals surface area contributed by atoms with Gasteiger partial charge < -0.3 is 13.9 Å². The number of rotatable bonds is 12. The van der Waals surface area contributed by atoms with E-state index in [0.29, 0.717) is 26.4 Å². The van der Waals surface area contributed by atoms with E-state index < -0.39 is 8.32 Å². The number of hydrogen-bond donors (Lipinski definition) is 0. The zero-order valence-electron chi connectivity index (χ0n) is 17.2. The SMILES string of the molecule is C=CCO[C@H](COCc1ccccc1)[C@H](C=C)CO[Si](C)(C)C(C)(C)C. The van der Waals surface area contributed by atoms with E-state index in [1.54, 1.807) is 6.08 Å². The topological polar surface area (TPSA) is 27.7 Å². The first-order valence-electron chi connectivity index (χ1n) is 9.32. The van der Waals surface area contributed by atoms with Crippen LogP contribution in [0.3, 0.4) is 0 Å². The van der Waals surface area contributed by atoms with Crippen LogP contribution < -0.4 is 0 Å². The molecule has 0 saturated heterocycles. The molecule has 0 heterocycles. The van der Waals surface area contributed by atoms with Gasteiger partial charge in [0.1, 0.15) is 0 Å². The summed E-state index contributed by atoms with van der Waals surface area (Å²) in [5, 5.41) is 0.181. The van der Waals surface area contributed by atoms with E-state index in [9.17, 15) is 0 Å². The second kappa shape index (κ2) is 10.8. The van der Waals surface area contributed by atoms with Crippen molar-refractivity contribution in [2.75, 3.05) is 19.8 Å². The highest BCUT2D eigenvalue weighted by Gasteiger charge is 2.38. The monoisotopic (exact) mass is 376 g/mol. The van der Waals surface area contributed by atoms with Gasteiger partial charge in [-0.3, -0.25) is 0 Å². The Labute approximate surface area is 161 Å². The fourth-order valence-electron chi connectivity index (χ4n) is 2.20. The first kappa shape index (κ1) is 22.8. The second-order valence-corrected chi connectivity index (χ2v) is 12.9. The zero-order chi connectivity index (χ0) is 19.6. The first-order chi connectivity index (χ1) is 12.2. The summed E-state index contributed by atoms with van der Waals surface area (Å²) >= 11 is 0. The molecule has 0 aromatic heterocycles. The van der Waals surface area contributed by atoms with Gasteiger partial charge in [-0.2, -0.15) is 0 Å². The molecule has 1 aromatic rings. The summed E-state index contributed by atoms with van der Waals surface area (Å²) in [6.45, 7) is 21.2. The van der Waals surface area contributed by atoms with Gasteiger partial charge in [-0.15, -0.1) is 13.2 Å². The fourth-order valence-corrected chi connectivity index (χ4v) is 3.24. The minimum absolute atomic E-state index is 0.0832. The quantitative estimate of drug-likeness (QED) is 0.351. The normalized spacial score (nSPS) is 14.7. The van der Waals surface area contributed by atoms with Crippen LogP contribution in [0.4, 0.5) is 0 Å². The molecule has 0 aliphatic carbocycles. The Morgan fingerprint density at radius 3 is 2.27 bits per heavy atom. The Bertz CT molecular complexity index is 534. The summed E-state index contributed by atoms with van der Waals surface area (Å²) in [6, 6.07) is 10.2. The van der Waals surface area contributed by atoms with E-state index in [-0.39, 0.29) is 17.1 Å². The lowest BCUT2D eigenvalue weighted by atomic mass is 10.0. The first-order valence-corrected chi connectivity index (χ1v) is 12.2. The van der Waals surface area contributed by atoms with Crippen molar-refractivity contribution in [3.8, 4) is 0 Å². The standard InChI is InChI=1S/C22H36O3Si/c1-8-15-24-21(18-23-16-19-13-11-10-12-14-19)20(9-2)17-25-26(6,7)22(3,4)5/h8-14,20-21H,1-2,15-18H2,3-7H3/t20-,21-/m1/s1. The highest BCUT2D eigenvalue weighted by molar-refractivity contribution is 6.74. The van der Waals surface area contributed by atoms with Crippen LogP contribution in [-0.2, 0) is 20.5 Å². The zero-order valence-corrected chi connectivity index (χ0v) is 18.2. The third-order valence-electron chi connectivity index (χ3n) is 5.04. The molecular formula is C22H36O3Si. The summed E-state index contributed by atoms with van der Waals surface area (Å²) < 4.78 is 18.2. The number of ether oxygens (including phenoxy) is 2. The molecule has 3 nitrogen and oxygen atoms in total. The molecule has 26 heavy (non-hydrogen) atoms. The molecule has 0 radical (unpaired) electrons. The summed E-state index contributed by atoms with van der Waals surface area (Å²) in [4.78, 5) is 0. The highest BCUT2D eigenvalue weighted by Crippen LogP contribution is 2.37. The predicted octanol–water partition coefficient (Wildman–Crippen LogP) is 5.60. The van der Waals surface area contributed by atoms with Crippen molar-refractivity contribution in [1.82, 2.24) is 0 Å². The molecule has 0 spiro atoms. The molecule has 0 aliphatic rings. The highest BCUT2D eigenvalue weighted by atomic mass is 28.4. The van der Waals surface area contributed by atoms with E-state index in [2.05, 4.69) is 59.2 Å². The van der Waals surface area contributed by atoms with Crippen LogP contribution in [-0.4, -0.2) is 34.2 Å². The van der Waals surface area contributed by atoms with Gasteiger partial charge in [-0.25, -0.2) is 0 Å². The van der Waals surface area contributed by atoms with Crippen molar-refractivity contribution < 1.29 is 13.9 Å². The van der Waals surface area contributed by atoms with Crippen molar-refractivity contribution in [2.45, 2.75) is 51.6 Å². The third-order valence-corrected chi connectivity index (χ3v) is 9.55. The Kier molecular flexibility index (Phi) is 9.51. The molecule has 146 valence electrons. The molecular weight excluding hydrogens is 340 g/mol. The molecule has 0 unspecified atom stereocenters. The summed E-state index contributed by atoms with van der Waals surface area (Å²) in [5.74, 6) is 0.0832. The van der Waals surface area contributed by atoms with Crippen molar-refractivity contribution >= 4 is 8.32 Å². The van der Waals surface area contributed by atoms with Crippen LogP contribution in [0.15, 0.2) is 55.6 Å². The van der Waals surface area contributed by atoms with Crippen molar-refractivity contribution in [1.29, 1.82) is 0 Å². The van der Waals surface area contributed by atoms with Gasteiger partial charge in [0.2, 0.25) is 0 Å². The number of benzene rings is 1. The van der Waals surface area contributed by atoms with Crippen molar-refractivity contribution in [3.05, 3.63) is 61.2 Å². The minimum atomic E-state index is -1.81. The van der Waals surface area contributed by atoms with E-state index in [4.69, 9.17) is 13.9 Å². The van der Waals surface area contributed by atoms with Gasteiger partial charge in [0.25, 0.3) is 0 Å². The van der Waals surface area contributed by atoms with Gasteiger partial charge in [0.05, 0.1) is 25.9 Å². The maximum atomic E-state index is 6.38. The molecule has 0 bridgehead atoms. The molecule has 2 atom stereocenters. The summed E-state index contributed by atoms with van der Waals surface area (Å²) in [6.07, 6.45) is 3.59. The van der Waals surface area contributed by atoms with Crippen LogP contribution >= 0.6 is 0 Å². The lowest BCUT2D eigenvalue weighted by Crippen LogP contribution is -2.43. The van der Waals surface area contributed by atoms with Gasteiger partial charge in [0, 0.05) is 12.5 Å². The maximum Gasteiger partial charge on any atom is 0.192 e. The summed E-state index contributed by atoms with van der Waals surface area (Å²) in [7, 11) is -1.81. The maximum absolute atomic E-state index is 6.38. The minimum Gasteiger partial charge on any atom is -0.416 e. The lowest BCUT2D eigenvalue weighted by Gasteiger charge is -2.38. The van der Waals surface area contributed by atoms with Gasteiger partial charge in [-0.1, -0.05) is 63.3 Å². The molecule has 0 saturated carbocycles. The smallest absolute Gasteiger partial charge is 0.192 e. The van der Waals surface area contributed by atoms with Gasteiger partial charge in [0.15, 0.2) is 8.32 Å². The van der Waals surface area contributed by atoms with Crippen molar-refractivity contribution in [2.24, 2.45) is 5.92 Å². The molecule has 1 rings (SSSR count). The fraction of sp³-hybridized carbons (Fsp3) is 0.545. The molecule has 0 amide bonds. The van der Waals surface area contributed by atoms with Crippen LogP contribution in [0.5, 0.6) is 0 Å². The second-order valence-electron chi connectivity index (χ2n) is 8.13. The molecule has 1 aromatic carbocycles. The average Bonchev–Trinajstić information content (AvgIpc) is 2.59. The van der Waals surface area contributed by atoms with E-state index in [1.165, 1.54) is 0 Å². The van der Waals surface area contributed by atoms with Crippen LogP contribution in [0.1, 0.15) is 26.3 Å². The Morgan fingerprint density at radius 2 is 1.73 bits per heavy atom. The van der Waals surface area contributed by atoms with Gasteiger partial charge in [-0.05, 0) is 23.7 Å².